The fourth-order valence-electron chi connectivity index (χ4n) is 2.00. The lowest BCUT2D eigenvalue weighted by Gasteiger charge is -2.04. The number of H-pyrrole nitrogens is 1. The fraction of sp³-hybridized carbons (Fsp3) is 0.357. The number of amides is 2. The Bertz CT molecular complexity index is 606. The van der Waals surface area contributed by atoms with Gasteiger partial charge in [0.2, 0.25) is 11.8 Å². The number of nitrogens with one attached hydrogen (secondary N) is 3. The summed E-state index contributed by atoms with van der Waals surface area (Å²) in [5.74, 6) is -0.0615. The molecule has 2 aromatic heterocycles. The lowest BCUT2D eigenvalue weighted by molar-refractivity contribution is -0.122. The molecule has 0 spiro atoms. The second-order valence-corrected chi connectivity index (χ2v) is 4.52. The monoisotopic (exact) mass is 274 g/mol. The number of nitrogens with zero attached hydrogens (tertiary/aromatic N) is 1. The number of pyridine rings is 1. The highest BCUT2D eigenvalue weighted by molar-refractivity contribution is 5.87. The van der Waals surface area contributed by atoms with Crippen molar-refractivity contribution in [1.82, 2.24) is 20.6 Å². The first-order valence-corrected chi connectivity index (χ1v) is 6.59. The van der Waals surface area contributed by atoms with Crippen molar-refractivity contribution in [2.24, 2.45) is 0 Å². The van der Waals surface area contributed by atoms with E-state index in [-0.39, 0.29) is 11.8 Å². The van der Waals surface area contributed by atoms with Crippen molar-refractivity contribution in [3.05, 3.63) is 30.1 Å². The van der Waals surface area contributed by atoms with E-state index in [0.717, 1.165) is 16.6 Å². The highest BCUT2D eigenvalue weighted by Crippen LogP contribution is 2.15. The molecule has 2 aromatic rings. The quantitative estimate of drug-likeness (QED) is 0.679. The largest absolute Gasteiger partial charge is 0.359 e. The third kappa shape index (κ3) is 3.57. The van der Waals surface area contributed by atoms with Gasteiger partial charge >= 0.3 is 0 Å². The number of carbonyl (C=O) groups excluding carboxylic acids is 2. The van der Waals surface area contributed by atoms with Crippen LogP contribution in [0.5, 0.6) is 0 Å². The zero-order valence-corrected chi connectivity index (χ0v) is 11.4. The van der Waals surface area contributed by atoms with Crippen LogP contribution in [0.15, 0.2) is 24.5 Å². The average Bonchev–Trinajstić information content (AvgIpc) is 2.86. The Kier molecular flexibility index (Phi) is 4.70. The third-order valence-electron chi connectivity index (χ3n) is 3.07. The zero-order valence-electron chi connectivity index (χ0n) is 11.4. The van der Waals surface area contributed by atoms with Gasteiger partial charge in [0.25, 0.3) is 0 Å². The van der Waals surface area contributed by atoms with Gasteiger partial charge in [0.15, 0.2) is 0 Å². The molecular weight excluding hydrogens is 256 g/mol. The number of fused-ring (bicyclic) bond motifs is 1. The van der Waals surface area contributed by atoms with E-state index in [9.17, 15) is 9.59 Å². The fourth-order valence-corrected chi connectivity index (χ4v) is 2.00. The summed E-state index contributed by atoms with van der Waals surface area (Å²) in [6, 6.07) is 3.79. The van der Waals surface area contributed by atoms with E-state index >= 15 is 0 Å². The molecule has 0 saturated heterocycles. The number of carbonyl (C=O) groups is 2. The normalized spacial score (nSPS) is 10.4. The van der Waals surface area contributed by atoms with Gasteiger partial charge in [-0.3, -0.25) is 9.59 Å². The predicted octanol–water partition coefficient (Wildman–Crippen LogP) is 0.748. The highest BCUT2D eigenvalue weighted by atomic mass is 16.2. The van der Waals surface area contributed by atoms with Crippen molar-refractivity contribution in [3.8, 4) is 0 Å². The molecule has 106 valence electrons. The van der Waals surface area contributed by atoms with Crippen LogP contribution in [0.1, 0.15) is 18.4 Å². The first-order chi connectivity index (χ1) is 9.70. The molecule has 0 fully saturated rings. The standard InChI is InChI=1S/C14H18N4O2/c1-15-12(19)5-3-6-16-13(20)8-10-9-18-14-11(10)4-2-7-17-14/h2,4,7,9H,3,5-6,8H2,1H3,(H,15,19)(H,16,20)(H,17,18). The Morgan fingerprint density at radius 3 is 3.00 bits per heavy atom. The van der Waals surface area contributed by atoms with Crippen LogP contribution < -0.4 is 10.6 Å². The van der Waals surface area contributed by atoms with Crippen LogP contribution in [0.4, 0.5) is 0 Å². The maximum atomic E-state index is 11.8. The number of hydrogen-bond acceptors (Lipinski definition) is 3. The molecule has 2 amide bonds. The van der Waals surface area contributed by atoms with Crippen LogP contribution in [0.3, 0.4) is 0 Å². The topological polar surface area (TPSA) is 86.9 Å². The van der Waals surface area contributed by atoms with E-state index < -0.39 is 0 Å². The minimum Gasteiger partial charge on any atom is -0.359 e. The summed E-state index contributed by atoms with van der Waals surface area (Å²) in [6.07, 6.45) is 4.89. The molecule has 0 saturated carbocycles. The highest BCUT2D eigenvalue weighted by Gasteiger charge is 2.08. The van der Waals surface area contributed by atoms with Crippen molar-refractivity contribution in [2.75, 3.05) is 13.6 Å². The number of aromatic nitrogens is 2. The summed E-state index contributed by atoms with van der Waals surface area (Å²) in [7, 11) is 1.60. The van der Waals surface area contributed by atoms with E-state index in [0.29, 0.717) is 25.8 Å². The first kappa shape index (κ1) is 14.0. The Labute approximate surface area is 117 Å². The van der Waals surface area contributed by atoms with Crippen LogP contribution in [0, 0.1) is 0 Å². The second-order valence-electron chi connectivity index (χ2n) is 4.52. The molecule has 0 aliphatic heterocycles. The third-order valence-corrected chi connectivity index (χ3v) is 3.07. The van der Waals surface area contributed by atoms with Crippen LogP contribution in [-0.4, -0.2) is 35.4 Å². The van der Waals surface area contributed by atoms with E-state index in [4.69, 9.17) is 0 Å². The van der Waals surface area contributed by atoms with Gasteiger partial charge in [0.05, 0.1) is 6.42 Å². The SMILES string of the molecule is CNC(=O)CCCNC(=O)Cc1c[nH]c2ncccc12. The molecular formula is C14H18N4O2. The van der Waals surface area contributed by atoms with Crippen molar-refractivity contribution in [1.29, 1.82) is 0 Å². The van der Waals surface area contributed by atoms with Crippen molar-refractivity contribution in [3.63, 3.8) is 0 Å². The Hall–Kier alpha value is -2.37. The molecule has 2 heterocycles. The van der Waals surface area contributed by atoms with Gasteiger partial charge in [-0.25, -0.2) is 4.98 Å². The van der Waals surface area contributed by atoms with E-state index in [2.05, 4.69) is 20.6 Å². The summed E-state index contributed by atoms with van der Waals surface area (Å²) >= 11 is 0. The Morgan fingerprint density at radius 2 is 2.20 bits per heavy atom. The second kappa shape index (κ2) is 6.70. The smallest absolute Gasteiger partial charge is 0.224 e. The molecule has 0 bridgehead atoms. The summed E-state index contributed by atoms with van der Waals surface area (Å²) < 4.78 is 0. The molecule has 0 aliphatic rings. The molecule has 0 atom stereocenters. The maximum Gasteiger partial charge on any atom is 0.224 e. The van der Waals surface area contributed by atoms with Crippen LogP contribution in [0.2, 0.25) is 0 Å². The van der Waals surface area contributed by atoms with Gasteiger partial charge in [0, 0.05) is 37.8 Å². The minimum absolute atomic E-state index is 0.0121. The van der Waals surface area contributed by atoms with Crippen LogP contribution in [-0.2, 0) is 16.0 Å². The average molecular weight is 274 g/mol. The maximum absolute atomic E-state index is 11.8. The molecule has 0 radical (unpaired) electrons. The van der Waals surface area contributed by atoms with Crippen molar-refractivity contribution >= 4 is 22.8 Å². The van der Waals surface area contributed by atoms with Crippen molar-refractivity contribution in [2.45, 2.75) is 19.3 Å². The lowest BCUT2D eigenvalue weighted by atomic mass is 10.1. The summed E-state index contributed by atoms with van der Waals surface area (Å²) in [4.78, 5) is 30.1. The van der Waals surface area contributed by atoms with E-state index in [1.54, 1.807) is 13.2 Å². The van der Waals surface area contributed by atoms with Gasteiger partial charge in [-0.1, -0.05) is 0 Å². The van der Waals surface area contributed by atoms with Gasteiger partial charge in [-0.15, -0.1) is 0 Å². The summed E-state index contributed by atoms with van der Waals surface area (Å²) in [5.41, 5.74) is 1.71. The predicted molar refractivity (Wildman–Crippen MR) is 76.1 cm³/mol. The van der Waals surface area contributed by atoms with Gasteiger partial charge in [-0.2, -0.15) is 0 Å². The Balaban J connectivity index is 1.81. The molecule has 0 unspecified atom stereocenters. The molecule has 0 aliphatic carbocycles. The number of hydrogen-bond donors (Lipinski definition) is 3. The van der Waals surface area contributed by atoms with Crippen LogP contribution in [0.25, 0.3) is 11.0 Å². The zero-order chi connectivity index (χ0) is 14.4. The van der Waals surface area contributed by atoms with E-state index in [1.807, 2.05) is 18.3 Å². The van der Waals surface area contributed by atoms with Gasteiger partial charge < -0.3 is 15.6 Å². The first-order valence-electron chi connectivity index (χ1n) is 6.59. The summed E-state index contributed by atoms with van der Waals surface area (Å²) in [5, 5.41) is 6.32. The van der Waals surface area contributed by atoms with Crippen molar-refractivity contribution < 1.29 is 9.59 Å². The number of rotatable bonds is 6. The molecule has 2 rings (SSSR count). The number of aromatic amines is 1. The Morgan fingerprint density at radius 1 is 1.35 bits per heavy atom. The molecule has 6 heteroatoms. The molecule has 0 aromatic carbocycles. The van der Waals surface area contributed by atoms with Gasteiger partial charge in [-0.05, 0) is 24.1 Å². The summed E-state index contributed by atoms with van der Waals surface area (Å²) in [6.45, 7) is 0.507. The van der Waals surface area contributed by atoms with Crippen LogP contribution >= 0.6 is 0 Å². The van der Waals surface area contributed by atoms with E-state index in [1.165, 1.54) is 0 Å². The molecule has 6 nitrogen and oxygen atoms in total. The molecule has 3 N–H and O–H groups in total. The lowest BCUT2D eigenvalue weighted by Crippen LogP contribution is -2.27. The minimum atomic E-state index is -0.0494. The molecule has 20 heavy (non-hydrogen) atoms. The van der Waals surface area contributed by atoms with Gasteiger partial charge in [0.1, 0.15) is 5.65 Å².